The Kier molecular flexibility index (Phi) is 2.32. The number of fused-ring (bicyclic) bond motifs is 5. The van der Waals surface area contributed by atoms with E-state index in [0.29, 0.717) is 5.39 Å². The summed E-state index contributed by atoms with van der Waals surface area (Å²) in [6, 6.07) is 9.69. The molecule has 2 heterocycles. The first-order chi connectivity index (χ1) is 9.65. The molecule has 0 saturated carbocycles. The number of aromatic nitrogens is 1. The second-order valence-corrected chi connectivity index (χ2v) is 5.94. The molecule has 0 unspecified atom stereocenters. The average molecular weight is 286 g/mol. The fourth-order valence-electron chi connectivity index (χ4n) is 2.74. The molecule has 0 aliphatic carbocycles. The lowest BCUT2D eigenvalue weighted by atomic mass is 10.1. The van der Waals surface area contributed by atoms with Gasteiger partial charge < -0.3 is 0 Å². The highest BCUT2D eigenvalue weighted by molar-refractivity contribution is 7.26. The van der Waals surface area contributed by atoms with Crippen molar-refractivity contribution in [3.05, 3.63) is 54.2 Å². The molecule has 1 nitrogen and oxygen atoms in total. The van der Waals surface area contributed by atoms with Crippen molar-refractivity contribution in [1.82, 2.24) is 0 Å². The van der Waals surface area contributed by atoms with Gasteiger partial charge in [0.2, 0.25) is 5.52 Å². The lowest BCUT2D eigenvalue weighted by Crippen LogP contribution is -2.28. The third-order valence-corrected chi connectivity index (χ3v) is 4.70. The van der Waals surface area contributed by atoms with Crippen LogP contribution in [0.4, 0.5) is 8.78 Å². The average Bonchev–Trinajstić information content (AvgIpc) is 2.78. The summed E-state index contributed by atoms with van der Waals surface area (Å²) in [6.45, 7) is 0. The number of hydrogen-bond donors (Lipinski definition) is 0. The molecule has 0 bridgehead atoms. The predicted molar refractivity (Wildman–Crippen MR) is 77.9 cm³/mol. The maximum absolute atomic E-state index is 14.2. The lowest BCUT2D eigenvalue weighted by molar-refractivity contribution is -0.643. The third-order valence-electron chi connectivity index (χ3n) is 3.61. The van der Waals surface area contributed by atoms with Gasteiger partial charge in [0.25, 0.3) is 0 Å². The molecule has 0 atom stereocenters. The van der Waals surface area contributed by atoms with Gasteiger partial charge in [-0.3, -0.25) is 0 Å². The second-order valence-electron chi connectivity index (χ2n) is 4.86. The number of rotatable bonds is 0. The molecule has 20 heavy (non-hydrogen) atoms. The van der Waals surface area contributed by atoms with Crippen LogP contribution in [-0.4, -0.2) is 0 Å². The predicted octanol–water partition coefficient (Wildman–Crippen LogP) is 4.31. The molecule has 0 fully saturated rings. The van der Waals surface area contributed by atoms with Crippen LogP contribution in [-0.2, 0) is 7.05 Å². The zero-order valence-electron chi connectivity index (χ0n) is 10.7. The van der Waals surface area contributed by atoms with Crippen molar-refractivity contribution >= 4 is 42.4 Å². The van der Waals surface area contributed by atoms with Gasteiger partial charge in [-0.15, -0.1) is 11.3 Å². The third kappa shape index (κ3) is 1.48. The van der Waals surface area contributed by atoms with E-state index in [1.807, 2.05) is 23.9 Å². The smallest absolute Gasteiger partial charge is 0.207 e. The summed E-state index contributed by atoms with van der Waals surface area (Å²) in [4.78, 5) is 0. The fourth-order valence-corrected chi connectivity index (χ4v) is 3.95. The number of thiophene rings is 1. The van der Waals surface area contributed by atoms with Gasteiger partial charge in [0.05, 0.1) is 5.39 Å². The zero-order valence-corrected chi connectivity index (χ0v) is 11.5. The van der Waals surface area contributed by atoms with Crippen molar-refractivity contribution in [3.8, 4) is 0 Å². The Morgan fingerprint density at radius 2 is 1.85 bits per heavy atom. The molecule has 4 heteroatoms. The lowest BCUT2D eigenvalue weighted by Gasteiger charge is -2.00. The van der Waals surface area contributed by atoms with E-state index in [0.717, 1.165) is 25.7 Å². The second kappa shape index (κ2) is 3.96. The van der Waals surface area contributed by atoms with Crippen molar-refractivity contribution in [2.24, 2.45) is 7.05 Å². The summed E-state index contributed by atoms with van der Waals surface area (Å²) in [5, 5.41) is 2.14. The van der Waals surface area contributed by atoms with Gasteiger partial charge in [0.1, 0.15) is 23.4 Å². The number of pyridine rings is 1. The van der Waals surface area contributed by atoms with Crippen molar-refractivity contribution in [1.29, 1.82) is 0 Å². The number of hydrogen-bond acceptors (Lipinski definition) is 1. The van der Waals surface area contributed by atoms with Crippen LogP contribution in [0.2, 0.25) is 0 Å². The Morgan fingerprint density at radius 1 is 1.00 bits per heavy atom. The molecule has 0 N–H and O–H groups in total. The van der Waals surface area contributed by atoms with E-state index in [4.69, 9.17) is 0 Å². The van der Waals surface area contributed by atoms with Gasteiger partial charge in [0, 0.05) is 21.5 Å². The topological polar surface area (TPSA) is 3.88 Å². The minimum Gasteiger partial charge on any atom is -0.207 e. The van der Waals surface area contributed by atoms with E-state index in [-0.39, 0.29) is 11.6 Å². The summed E-state index contributed by atoms with van der Waals surface area (Å²) >= 11 is 1.53. The van der Waals surface area contributed by atoms with E-state index in [1.165, 1.54) is 29.5 Å². The van der Waals surface area contributed by atoms with Gasteiger partial charge in [-0.05, 0) is 24.3 Å². The first-order valence-electron chi connectivity index (χ1n) is 6.24. The first kappa shape index (κ1) is 11.7. The van der Waals surface area contributed by atoms with Crippen LogP contribution in [0.1, 0.15) is 0 Å². The van der Waals surface area contributed by atoms with Crippen LogP contribution in [0.25, 0.3) is 31.1 Å². The Bertz CT molecular complexity index is 988. The molecule has 0 amide bonds. The highest BCUT2D eigenvalue weighted by atomic mass is 32.1. The Hall–Kier alpha value is -2.07. The minimum absolute atomic E-state index is 0.256. The molecule has 2 aromatic carbocycles. The molecule has 4 aromatic rings. The molecule has 4 rings (SSSR count). The fraction of sp³-hybridized carbons (Fsp3) is 0.0625. The van der Waals surface area contributed by atoms with E-state index in [9.17, 15) is 8.78 Å². The SMILES string of the molecule is C[n+]1cc2sc3cccc(F)c3c2c2cc(F)ccc21. The van der Waals surface area contributed by atoms with E-state index in [2.05, 4.69) is 0 Å². The van der Waals surface area contributed by atoms with Gasteiger partial charge in [0.15, 0.2) is 6.20 Å². The van der Waals surface area contributed by atoms with Gasteiger partial charge in [-0.2, -0.15) is 4.57 Å². The number of benzene rings is 2. The minimum atomic E-state index is -0.305. The molecule has 0 aliphatic heterocycles. The quantitative estimate of drug-likeness (QED) is 0.424. The van der Waals surface area contributed by atoms with Crippen LogP contribution in [0, 0.1) is 11.6 Å². The maximum Gasteiger partial charge on any atom is 0.213 e. The van der Waals surface area contributed by atoms with Crippen LogP contribution < -0.4 is 4.57 Å². The number of aryl methyl sites for hydroxylation is 1. The zero-order chi connectivity index (χ0) is 13.9. The van der Waals surface area contributed by atoms with E-state index in [1.54, 1.807) is 12.1 Å². The summed E-state index contributed by atoms with van der Waals surface area (Å²) < 4.78 is 31.6. The molecular weight excluding hydrogens is 276 g/mol. The van der Waals surface area contributed by atoms with E-state index >= 15 is 0 Å². The van der Waals surface area contributed by atoms with Gasteiger partial charge in [-0.25, -0.2) is 8.78 Å². The van der Waals surface area contributed by atoms with Crippen LogP contribution in [0.3, 0.4) is 0 Å². The normalized spacial score (nSPS) is 11.8. The molecule has 0 saturated heterocycles. The van der Waals surface area contributed by atoms with Crippen LogP contribution >= 0.6 is 11.3 Å². The summed E-state index contributed by atoms with van der Waals surface area (Å²) in [5.74, 6) is -0.561. The summed E-state index contributed by atoms with van der Waals surface area (Å²) in [6.07, 6.45) is 1.97. The van der Waals surface area contributed by atoms with Gasteiger partial charge >= 0.3 is 0 Å². The number of halogens is 2. The maximum atomic E-state index is 14.2. The van der Waals surface area contributed by atoms with Crippen molar-refractivity contribution < 1.29 is 13.3 Å². The highest BCUT2D eigenvalue weighted by Crippen LogP contribution is 2.38. The molecule has 98 valence electrons. The first-order valence-corrected chi connectivity index (χ1v) is 7.05. The summed E-state index contributed by atoms with van der Waals surface area (Å²) in [7, 11) is 1.92. The molecular formula is C16H10F2NS+. The van der Waals surface area contributed by atoms with Crippen molar-refractivity contribution in [3.63, 3.8) is 0 Å². The monoisotopic (exact) mass is 286 g/mol. The molecule has 0 radical (unpaired) electrons. The van der Waals surface area contributed by atoms with Crippen LogP contribution in [0.15, 0.2) is 42.6 Å². The van der Waals surface area contributed by atoms with Gasteiger partial charge in [-0.1, -0.05) is 6.07 Å². The molecule has 0 spiro atoms. The standard InChI is InChI=1S/C16H10F2NS/c1-19-8-14-15(10-7-9(17)5-6-12(10)19)16-11(18)3-2-4-13(16)20-14/h2-8H,1H3/q+1. The molecule has 0 aliphatic rings. The Labute approximate surface area is 117 Å². The van der Waals surface area contributed by atoms with E-state index < -0.39 is 0 Å². The molecule has 2 aromatic heterocycles. The van der Waals surface area contributed by atoms with Crippen LogP contribution in [0.5, 0.6) is 0 Å². The summed E-state index contributed by atoms with van der Waals surface area (Å²) in [5.41, 5.74) is 0.891. The van der Waals surface area contributed by atoms with Crippen molar-refractivity contribution in [2.45, 2.75) is 0 Å². The Balaban J connectivity index is 2.39. The largest absolute Gasteiger partial charge is 0.213 e. The Morgan fingerprint density at radius 3 is 2.70 bits per heavy atom. The van der Waals surface area contributed by atoms with Crippen molar-refractivity contribution in [2.75, 3.05) is 0 Å². The number of nitrogens with zero attached hydrogens (tertiary/aromatic N) is 1. The highest BCUT2D eigenvalue weighted by Gasteiger charge is 2.18.